The van der Waals surface area contributed by atoms with E-state index in [0.29, 0.717) is 31.6 Å². The van der Waals surface area contributed by atoms with Gasteiger partial charge in [-0.3, -0.25) is 4.79 Å². The van der Waals surface area contributed by atoms with E-state index >= 15 is 0 Å². The van der Waals surface area contributed by atoms with Gasteiger partial charge in [-0.05, 0) is 48.2 Å². The lowest BCUT2D eigenvalue weighted by molar-refractivity contribution is -0.139. The summed E-state index contributed by atoms with van der Waals surface area (Å²) in [5, 5.41) is 9.70. The molecule has 1 heterocycles. The minimum absolute atomic E-state index is 0.155. The van der Waals surface area contributed by atoms with E-state index in [1.807, 2.05) is 61.7 Å². The first-order valence-corrected chi connectivity index (χ1v) is 11.5. The number of aromatic nitrogens is 1. The molecule has 7 heteroatoms. The molecule has 0 unspecified atom stereocenters. The van der Waals surface area contributed by atoms with Crippen molar-refractivity contribution in [2.24, 2.45) is 11.1 Å². The van der Waals surface area contributed by atoms with E-state index in [-0.39, 0.29) is 5.56 Å². The second-order valence-corrected chi connectivity index (χ2v) is 9.55. The van der Waals surface area contributed by atoms with Gasteiger partial charge >= 0.3 is 0 Å². The van der Waals surface area contributed by atoms with E-state index in [4.69, 9.17) is 5.73 Å². The molecule has 1 amide bonds. The molecule has 3 N–H and O–H groups in total. The van der Waals surface area contributed by atoms with Gasteiger partial charge in [-0.2, -0.15) is 0 Å². The molecule has 3 rings (SSSR count). The van der Waals surface area contributed by atoms with Crippen molar-refractivity contribution < 1.29 is 18.7 Å². The van der Waals surface area contributed by atoms with Gasteiger partial charge in [0.15, 0.2) is 0 Å². The molecule has 5 nitrogen and oxygen atoms in total. The first-order chi connectivity index (χ1) is 16.2. The maximum Gasteiger partial charge on any atom is 0.248 e. The zero-order valence-electron chi connectivity index (χ0n) is 20.0. The van der Waals surface area contributed by atoms with Crippen molar-refractivity contribution in [3.8, 4) is 11.1 Å². The molecule has 2 aromatic carbocycles. The molecule has 0 aliphatic carbocycles. The largest absolute Gasteiger partial charge is 0.387 e. The van der Waals surface area contributed by atoms with Crippen LogP contribution in [-0.4, -0.2) is 40.2 Å². The van der Waals surface area contributed by atoms with E-state index < -0.39 is 35.6 Å². The van der Waals surface area contributed by atoms with Crippen LogP contribution in [0.15, 0.2) is 60.8 Å². The summed E-state index contributed by atoms with van der Waals surface area (Å²) in [6.45, 7) is 6.68. The average Bonchev–Trinajstić information content (AvgIpc) is 3.19. The number of benzene rings is 2. The number of aliphatic hydroxyl groups excluding tert-OH is 1. The number of nitrogens with zero attached hydrogens (tertiary/aromatic N) is 2. The van der Waals surface area contributed by atoms with Crippen molar-refractivity contribution in [3.63, 3.8) is 0 Å². The standard InChI is InChI=1S/C27H33F2N3O2/c1-27(2,3)26(32(13-7-12-30)25(34)18-33)24-14-20(22-15-21(28)10-11-23(22)29)17-31(24)16-19-8-5-4-6-9-19/h4-6,8-11,14-15,17,26,33H,7,12-13,16,18,30H2,1-3H3/t26-/m1/s1. The molecule has 0 aliphatic rings. The van der Waals surface area contributed by atoms with Crippen LogP contribution >= 0.6 is 0 Å². The Kier molecular flexibility index (Phi) is 8.23. The third kappa shape index (κ3) is 5.90. The van der Waals surface area contributed by atoms with Gasteiger partial charge in [0.05, 0.1) is 6.04 Å². The lowest BCUT2D eigenvalue weighted by Crippen LogP contribution is -2.44. The van der Waals surface area contributed by atoms with Gasteiger partial charge in [-0.1, -0.05) is 51.1 Å². The second-order valence-electron chi connectivity index (χ2n) is 9.55. The Morgan fingerprint density at radius 3 is 2.44 bits per heavy atom. The highest BCUT2D eigenvalue weighted by atomic mass is 19.1. The van der Waals surface area contributed by atoms with Gasteiger partial charge in [-0.15, -0.1) is 0 Å². The number of carbonyl (C=O) groups is 1. The third-order valence-corrected chi connectivity index (χ3v) is 5.84. The van der Waals surface area contributed by atoms with Crippen LogP contribution in [0, 0.1) is 17.0 Å². The summed E-state index contributed by atoms with van der Waals surface area (Å²) in [7, 11) is 0. The summed E-state index contributed by atoms with van der Waals surface area (Å²) >= 11 is 0. The number of aliphatic hydroxyl groups is 1. The predicted molar refractivity (Wildman–Crippen MR) is 130 cm³/mol. The summed E-state index contributed by atoms with van der Waals surface area (Å²) in [6, 6.07) is 14.6. The Morgan fingerprint density at radius 1 is 1.12 bits per heavy atom. The molecule has 0 aliphatic heterocycles. The average molecular weight is 470 g/mol. The van der Waals surface area contributed by atoms with Crippen LogP contribution in [0.2, 0.25) is 0 Å². The number of hydrogen-bond donors (Lipinski definition) is 2. The van der Waals surface area contributed by atoms with Crippen molar-refractivity contribution in [1.29, 1.82) is 0 Å². The highest BCUT2D eigenvalue weighted by Gasteiger charge is 2.36. The molecule has 0 saturated heterocycles. The fourth-order valence-corrected chi connectivity index (χ4v) is 4.36. The minimum atomic E-state index is -0.623. The first-order valence-electron chi connectivity index (χ1n) is 11.5. The minimum Gasteiger partial charge on any atom is -0.387 e. The lowest BCUT2D eigenvalue weighted by Gasteiger charge is -2.40. The van der Waals surface area contributed by atoms with E-state index in [1.165, 1.54) is 6.07 Å². The predicted octanol–water partition coefficient (Wildman–Crippen LogP) is 4.74. The van der Waals surface area contributed by atoms with Gasteiger partial charge in [-0.25, -0.2) is 8.78 Å². The summed E-state index contributed by atoms with van der Waals surface area (Å²) in [5.74, 6) is -1.45. The molecule has 0 fully saturated rings. The summed E-state index contributed by atoms with van der Waals surface area (Å²) in [5.41, 5.74) is 7.78. The van der Waals surface area contributed by atoms with Crippen molar-refractivity contribution in [1.82, 2.24) is 9.47 Å². The summed E-state index contributed by atoms with van der Waals surface area (Å²) in [4.78, 5) is 14.5. The smallest absolute Gasteiger partial charge is 0.248 e. The second kappa shape index (κ2) is 10.9. The Labute approximate surface area is 199 Å². The van der Waals surface area contributed by atoms with Crippen LogP contribution in [0.1, 0.15) is 44.5 Å². The van der Waals surface area contributed by atoms with Crippen molar-refractivity contribution in [3.05, 3.63) is 83.7 Å². The van der Waals surface area contributed by atoms with E-state index in [0.717, 1.165) is 23.4 Å². The Bertz CT molecular complexity index is 1110. The van der Waals surface area contributed by atoms with E-state index in [1.54, 1.807) is 11.1 Å². The quantitative estimate of drug-likeness (QED) is 0.476. The molecular formula is C27H33F2N3O2. The monoisotopic (exact) mass is 469 g/mol. The van der Waals surface area contributed by atoms with E-state index in [2.05, 4.69) is 0 Å². The molecule has 3 aromatic rings. The molecule has 1 aromatic heterocycles. The zero-order chi connectivity index (χ0) is 24.9. The number of nitrogens with two attached hydrogens (primary N) is 1. The molecule has 0 radical (unpaired) electrons. The first kappa shape index (κ1) is 25.6. The molecule has 0 saturated carbocycles. The maximum absolute atomic E-state index is 14.7. The highest BCUT2D eigenvalue weighted by Crippen LogP contribution is 2.41. The van der Waals surface area contributed by atoms with Gasteiger partial charge in [0, 0.05) is 36.1 Å². The van der Waals surface area contributed by atoms with Crippen LogP contribution in [0.3, 0.4) is 0 Å². The molecule has 0 bridgehead atoms. The number of halogens is 2. The van der Waals surface area contributed by atoms with Crippen LogP contribution < -0.4 is 5.73 Å². The zero-order valence-corrected chi connectivity index (χ0v) is 20.0. The summed E-state index contributed by atoms with van der Waals surface area (Å²) in [6.07, 6.45) is 2.37. The van der Waals surface area contributed by atoms with Crippen LogP contribution in [0.25, 0.3) is 11.1 Å². The molecule has 34 heavy (non-hydrogen) atoms. The molecule has 182 valence electrons. The third-order valence-electron chi connectivity index (χ3n) is 5.84. The van der Waals surface area contributed by atoms with E-state index in [9.17, 15) is 18.7 Å². The van der Waals surface area contributed by atoms with Gasteiger partial charge in [0.25, 0.3) is 0 Å². The fourth-order valence-electron chi connectivity index (χ4n) is 4.36. The normalized spacial score (nSPS) is 12.6. The number of hydrogen-bond acceptors (Lipinski definition) is 3. The molecule has 0 spiro atoms. The number of carbonyl (C=O) groups excluding carboxylic acids is 1. The van der Waals surface area contributed by atoms with Crippen molar-refractivity contribution >= 4 is 5.91 Å². The van der Waals surface area contributed by atoms with Crippen LogP contribution in [-0.2, 0) is 11.3 Å². The van der Waals surface area contributed by atoms with Gasteiger partial charge in [0.2, 0.25) is 5.91 Å². The van der Waals surface area contributed by atoms with Crippen LogP contribution in [0.4, 0.5) is 8.78 Å². The Morgan fingerprint density at radius 2 is 1.82 bits per heavy atom. The summed E-state index contributed by atoms with van der Waals surface area (Å²) < 4.78 is 30.6. The number of amides is 1. The molecular weight excluding hydrogens is 436 g/mol. The van der Waals surface area contributed by atoms with Crippen molar-refractivity contribution in [2.75, 3.05) is 19.7 Å². The SMILES string of the molecule is CC(C)(C)[C@@H](c1cc(-c2cc(F)ccc2F)cn1Cc1ccccc1)N(CCCN)C(=O)CO. The topological polar surface area (TPSA) is 71.5 Å². The van der Waals surface area contributed by atoms with Crippen LogP contribution in [0.5, 0.6) is 0 Å². The number of rotatable bonds is 9. The highest BCUT2D eigenvalue weighted by molar-refractivity contribution is 5.78. The van der Waals surface area contributed by atoms with Gasteiger partial charge in [0.1, 0.15) is 18.2 Å². The Hall–Kier alpha value is -3.03. The maximum atomic E-state index is 14.7. The molecule has 1 atom stereocenters. The fraction of sp³-hybridized carbons (Fsp3) is 0.370. The van der Waals surface area contributed by atoms with Gasteiger partial charge < -0.3 is 20.3 Å². The van der Waals surface area contributed by atoms with Crippen molar-refractivity contribution in [2.45, 2.75) is 39.8 Å². The Balaban J connectivity index is 2.20. The lowest BCUT2D eigenvalue weighted by atomic mass is 9.83.